The van der Waals surface area contributed by atoms with E-state index in [9.17, 15) is 14.0 Å². The van der Waals surface area contributed by atoms with Gasteiger partial charge in [0, 0.05) is 5.69 Å². The van der Waals surface area contributed by atoms with Gasteiger partial charge in [0.25, 0.3) is 0 Å². The number of likely N-dealkylation sites (N-methyl/N-ethyl adjacent to an activating group) is 1. The summed E-state index contributed by atoms with van der Waals surface area (Å²) in [5, 5.41) is 5.34. The molecule has 0 aliphatic carbocycles. The monoisotopic (exact) mass is 373 g/mol. The van der Waals surface area contributed by atoms with E-state index in [-0.39, 0.29) is 24.0 Å². The van der Waals surface area contributed by atoms with Crippen molar-refractivity contribution < 1.29 is 18.7 Å². The maximum absolute atomic E-state index is 13.7. The zero-order valence-electron chi connectivity index (χ0n) is 15.7. The molecular weight excluding hydrogens is 349 g/mol. The fraction of sp³-hybridized carbons (Fsp3) is 0.300. The van der Waals surface area contributed by atoms with E-state index in [0.717, 1.165) is 0 Å². The van der Waals surface area contributed by atoms with E-state index < -0.39 is 11.9 Å². The number of anilines is 2. The summed E-state index contributed by atoms with van der Waals surface area (Å²) in [6.07, 6.45) is 0. The van der Waals surface area contributed by atoms with E-state index in [1.165, 1.54) is 12.1 Å². The summed E-state index contributed by atoms with van der Waals surface area (Å²) in [6.45, 7) is 4.06. The lowest BCUT2D eigenvalue weighted by Crippen LogP contribution is -2.45. The molecule has 2 aromatic rings. The van der Waals surface area contributed by atoms with E-state index in [4.69, 9.17) is 4.74 Å². The minimum Gasteiger partial charge on any atom is -0.497 e. The summed E-state index contributed by atoms with van der Waals surface area (Å²) in [7, 11) is 1.57. The van der Waals surface area contributed by atoms with Crippen molar-refractivity contribution >= 4 is 23.2 Å². The van der Waals surface area contributed by atoms with E-state index >= 15 is 0 Å². The van der Waals surface area contributed by atoms with Gasteiger partial charge in [-0.05, 0) is 49.9 Å². The molecule has 2 rings (SSSR count). The number of rotatable bonds is 8. The summed E-state index contributed by atoms with van der Waals surface area (Å²) in [6, 6.07) is 12.3. The van der Waals surface area contributed by atoms with Crippen LogP contribution < -0.4 is 15.4 Å². The molecule has 144 valence electrons. The number of carbonyl (C=O) groups is 2. The largest absolute Gasteiger partial charge is 0.497 e. The highest BCUT2D eigenvalue weighted by Gasteiger charge is 2.23. The Hall–Kier alpha value is -2.93. The molecule has 27 heavy (non-hydrogen) atoms. The van der Waals surface area contributed by atoms with Crippen LogP contribution >= 0.6 is 0 Å². The van der Waals surface area contributed by atoms with Gasteiger partial charge in [0.2, 0.25) is 11.8 Å². The number of benzene rings is 2. The number of hydrogen-bond donors (Lipinski definition) is 2. The molecule has 0 aliphatic heterocycles. The molecule has 0 bridgehead atoms. The summed E-state index contributed by atoms with van der Waals surface area (Å²) >= 11 is 0. The normalized spacial score (nSPS) is 11.7. The van der Waals surface area contributed by atoms with Crippen LogP contribution in [-0.4, -0.2) is 43.0 Å². The second kappa shape index (κ2) is 9.68. The summed E-state index contributed by atoms with van der Waals surface area (Å²) in [5.41, 5.74) is 0.758. The molecule has 0 spiro atoms. The van der Waals surface area contributed by atoms with Gasteiger partial charge in [0.1, 0.15) is 11.6 Å². The quantitative estimate of drug-likeness (QED) is 0.746. The van der Waals surface area contributed by atoms with E-state index in [1.807, 2.05) is 6.92 Å². The van der Waals surface area contributed by atoms with Gasteiger partial charge in [0.05, 0.1) is 25.4 Å². The topological polar surface area (TPSA) is 70.7 Å². The third-order valence-corrected chi connectivity index (χ3v) is 4.19. The van der Waals surface area contributed by atoms with Crippen molar-refractivity contribution in [3.63, 3.8) is 0 Å². The molecule has 0 fully saturated rings. The molecular formula is C20H24FN3O3. The molecule has 2 aromatic carbocycles. The number of nitrogens with one attached hydrogen (secondary N) is 2. The fourth-order valence-corrected chi connectivity index (χ4v) is 2.55. The first-order chi connectivity index (χ1) is 12.9. The standard InChI is InChI=1S/C20H24FN3O3/c1-4-24(13-19(25)22-15-9-11-16(27-3)12-10-15)14(2)20(26)23-18-8-6-5-7-17(18)21/h5-12,14H,4,13H2,1-3H3,(H,22,25)(H,23,26)/t14-/m1/s1. The predicted molar refractivity (Wildman–Crippen MR) is 103 cm³/mol. The van der Waals surface area contributed by atoms with Crippen LogP contribution in [0.2, 0.25) is 0 Å². The first kappa shape index (κ1) is 20.4. The number of halogens is 1. The van der Waals surface area contributed by atoms with Crippen LogP contribution in [0.5, 0.6) is 5.75 Å². The number of nitrogens with zero attached hydrogens (tertiary/aromatic N) is 1. The van der Waals surface area contributed by atoms with Crippen LogP contribution in [0.1, 0.15) is 13.8 Å². The van der Waals surface area contributed by atoms with Gasteiger partial charge in [-0.25, -0.2) is 4.39 Å². The Labute approximate surface area is 158 Å². The number of carbonyl (C=O) groups excluding carboxylic acids is 2. The molecule has 0 saturated heterocycles. The number of hydrogen-bond acceptors (Lipinski definition) is 4. The smallest absolute Gasteiger partial charge is 0.241 e. The Morgan fingerprint density at radius 2 is 1.78 bits per heavy atom. The lowest BCUT2D eigenvalue weighted by atomic mass is 10.2. The fourth-order valence-electron chi connectivity index (χ4n) is 2.55. The first-order valence-corrected chi connectivity index (χ1v) is 8.68. The summed E-state index contributed by atoms with van der Waals surface area (Å²) in [5.74, 6) is -0.424. The third kappa shape index (κ3) is 5.79. The molecule has 0 saturated carbocycles. The van der Waals surface area contributed by atoms with Gasteiger partial charge in [0.15, 0.2) is 0 Å². The highest BCUT2D eigenvalue weighted by Crippen LogP contribution is 2.16. The maximum Gasteiger partial charge on any atom is 0.241 e. The van der Waals surface area contributed by atoms with Gasteiger partial charge < -0.3 is 15.4 Å². The Morgan fingerprint density at radius 3 is 2.37 bits per heavy atom. The lowest BCUT2D eigenvalue weighted by molar-refractivity contribution is -0.123. The van der Waals surface area contributed by atoms with Crippen molar-refractivity contribution in [1.29, 1.82) is 0 Å². The SMILES string of the molecule is CCN(CC(=O)Nc1ccc(OC)cc1)[C@H](C)C(=O)Nc1ccccc1F. The molecule has 0 unspecified atom stereocenters. The minimum absolute atomic E-state index is 0.0361. The third-order valence-electron chi connectivity index (χ3n) is 4.19. The summed E-state index contributed by atoms with van der Waals surface area (Å²) < 4.78 is 18.8. The van der Waals surface area contributed by atoms with Crippen LogP contribution in [0.25, 0.3) is 0 Å². The molecule has 0 aliphatic rings. The van der Waals surface area contributed by atoms with E-state index in [1.54, 1.807) is 55.3 Å². The van der Waals surface area contributed by atoms with Gasteiger partial charge >= 0.3 is 0 Å². The molecule has 1 atom stereocenters. The van der Waals surface area contributed by atoms with Crippen molar-refractivity contribution in [2.45, 2.75) is 19.9 Å². The van der Waals surface area contributed by atoms with Crippen LogP contribution in [0.15, 0.2) is 48.5 Å². The Balaban J connectivity index is 1.94. The molecule has 2 N–H and O–H groups in total. The lowest BCUT2D eigenvalue weighted by Gasteiger charge is -2.26. The van der Waals surface area contributed by atoms with Gasteiger partial charge in [-0.3, -0.25) is 14.5 Å². The summed E-state index contributed by atoms with van der Waals surface area (Å²) in [4.78, 5) is 26.4. The van der Waals surface area contributed by atoms with Crippen molar-refractivity contribution in [2.75, 3.05) is 30.8 Å². The van der Waals surface area contributed by atoms with Crippen LogP contribution in [0.4, 0.5) is 15.8 Å². The predicted octanol–water partition coefficient (Wildman–Crippen LogP) is 3.12. The Bertz CT molecular complexity index is 780. The first-order valence-electron chi connectivity index (χ1n) is 8.68. The van der Waals surface area contributed by atoms with Crippen molar-refractivity contribution in [2.24, 2.45) is 0 Å². The highest BCUT2D eigenvalue weighted by atomic mass is 19.1. The Morgan fingerprint density at radius 1 is 1.11 bits per heavy atom. The average molecular weight is 373 g/mol. The van der Waals surface area contributed by atoms with Gasteiger partial charge in [-0.2, -0.15) is 0 Å². The highest BCUT2D eigenvalue weighted by molar-refractivity contribution is 5.96. The zero-order chi connectivity index (χ0) is 19.8. The average Bonchev–Trinajstić information content (AvgIpc) is 2.68. The number of methoxy groups -OCH3 is 1. The zero-order valence-corrected chi connectivity index (χ0v) is 15.7. The second-order valence-electron chi connectivity index (χ2n) is 5.98. The van der Waals surface area contributed by atoms with Gasteiger partial charge in [-0.1, -0.05) is 19.1 Å². The number of ether oxygens (including phenoxy) is 1. The molecule has 6 nitrogen and oxygen atoms in total. The molecule has 2 amide bonds. The van der Waals surface area contributed by atoms with E-state index in [2.05, 4.69) is 10.6 Å². The van der Waals surface area contributed by atoms with Gasteiger partial charge in [-0.15, -0.1) is 0 Å². The molecule has 0 heterocycles. The van der Waals surface area contributed by atoms with Crippen molar-refractivity contribution in [3.05, 3.63) is 54.3 Å². The van der Waals surface area contributed by atoms with E-state index in [0.29, 0.717) is 18.0 Å². The maximum atomic E-state index is 13.7. The molecule has 7 heteroatoms. The second-order valence-corrected chi connectivity index (χ2v) is 5.98. The van der Waals surface area contributed by atoms with Crippen LogP contribution in [0.3, 0.4) is 0 Å². The van der Waals surface area contributed by atoms with Crippen molar-refractivity contribution in [3.8, 4) is 5.75 Å². The van der Waals surface area contributed by atoms with Crippen LogP contribution in [0, 0.1) is 5.82 Å². The molecule has 0 radical (unpaired) electrons. The number of para-hydroxylation sites is 1. The van der Waals surface area contributed by atoms with Crippen LogP contribution in [-0.2, 0) is 9.59 Å². The minimum atomic E-state index is -0.601. The van der Waals surface area contributed by atoms with Crippen molar-refractivity contribution in [1.82, 2.24) is 4.90 Å². The Kier molecular flexibility index (Phi) is 7.31. The number of amides is 2. The molecule has 0 aromatic heterocycles.